The monoisotopic (exact) mass is 402 g/mol. The van der Waals surface area contributed by atoms with E-state index in [1.807, 2.05) is 46.7 Å². The van der Waals surface area contributed by atoms with Crippen molar-refractivity contribution < 1.29 is 0 Å². The lowest BCUT2D eigenvalue weighted by Crippen LogP contribution is -2.29. The van der Waals surface area contributed by atoms with Gasteiger partial charge in [-0.1, -0.05) is 29.8 Å². The third kappa shape index (κ3) is 5.55. The van der Waals surface area contributed by atoms with E-state index in [1.54, 1.807) is 6.20 Å². The molecule has 0 atom stereocenters. The van der Waals surface area contributed by atoms with Crippen molar-refractivity contribution in [1.29, 1.82) is 0 Å². The van der Waals surface area contributed by atoms with E-state index in [1.165, 1.54) is 5.69 Å². The standard InChI is InChI=1S/C19H23ClN6S/c1-14-10-15(2)26(24-14)9-5-8-21-19(27)23-17-11-22-25(13-17)12-16-6-3-4-7-18(16)20/h3-4,6-7,10-11,13H,5,8-9,12H2,1-2H3,(H2,21,23,27). The first-order valence-corrected chi connectivity index (χ1v) is 9.61. The van der Waals surface area contributed by atoms with E-state index in [2.05, 4.69) is 33.8 Å². The van der Waals surface area contributed by atoms with Gasteiger partial charge in [0.2, 0.25) is 0 Å². The Kier molecular flexibility index (Phi) is 6.47. The summed E-state index contributed by atoms with van der Waals surface area (Å²) in [5, 5.41) is 16.5. The average Bonchev–Trinajstić information content (AvgIpc) is 3.19. The van der Waals surface area contributed by atoms with E-state index >= 15 is 0 Å². The van der Waals surface area contributed by atoms with Gasteiger partial charge in [0.15, 0.2) is 5.11 Å². The van der Waals surface area contributed by atoms with Gasteiger partial charge in [0.05, 0.1) is 24.1 Å². The molecule has 2 heterocycles. The molecule has 6 nitrogen and oxygen atoms in total. The Morgan fingerprint density at radius 2 is 2.07 bits per heavy atom. The third-order valence-electron chi connectivity index (χ3n) is 4.12. The summed E-state index contributed by atoms with van der Waals surface area (Å²) < 4.78 is 3.85. The lowest BCUT2D eigenvalue weighted by molar-refractivity contribution is 0.558. The predicted octanol–water partition coefficient (Wildman–Crippen LogP) is 3.77. The van der Waals surface area contributed by atoms with E-state index in [9.17, 15) is 0 Å². The SMILES string of the molecule is Cc1cc(C)n(CCCNC(=S)Nc2cnn(Cc3ccccc3Cl)c2)n1. The molecule has 142 valence electrons. The molecular weight excluding hydrogens is 380 g/mol. The maximum atomic E-state index is 6.20. The summed E-state index contributed by atoms with van der Waals surface area (Å²) in [7, 11) is 0. The van der Waals surface area contributed by atoms with Crippen LogP contribution in [0, 0.1) is 13.8 Å². The molecule has 2 N–H and O–H groups in total. The zero-order chi connectivity index (χ0) is 19.2. The van der Waals surface area contributed by atoms with E-state index in [0.717, 1.165) is 41.5 Å². The van der Waals surface area contributed by atoms with Gasteiger partial charge in [-0.15, -0.1) is 0 Å². The fourth-order valence-electron chi connectivity index (χ4n) is 2.82. The molecule has 0 spiro atoms. The van der Waals surface area contributed by atoms with Gasteiger partial charge in [-0.05, 0) is 50.2 Å². The quantitative estimate of drug-likeness (QED) is 0.465. The van der Waals surface area contributed by atoms with Crippen LogP contribution >= 0.6 is 23.8 Å². The van der Waals surface area contributed by atoms with Crippen LogP contribution in [0.5, 0.6) is 0 Å². The Morgan fingerprint density at radius 3 is 2.81 bits per heavy atom. The van der Waals surface area contributed by atoms with Crippen molar-refractivity contribution in [1.82, 2.24) is 24.9 Å². The van der Waals surface area contributed by atoms with Gasteiger partial charge in [-0.25, -0.2) is 0 Å². The number of benzene rings is 1. The van der Waals surface area contributed by atoms with Crippen molar-refractivity contribution in [2.24, 2.45) is 0 Å². The molecular formula is C19H23ClN6S. The molecule has 0 aliphatic carbocycles. The van der Waals surface area contributed by atoms with E-state index < -0.39 is 0 Å². The van der Waals surface area contributed by atoms with Crippen LogP contribution < -0.4 is 10.6 Å². The molecule has 0 radical (unpaired) electrons. The number of nitrogens with zero attached hydrogens (tertiary/aromatic N) is 4. The first-order valence-electron chi connectivity index (χ1n) is 8.83. The van der Waals surface area contributed by atoms with E-state index in [-0.39, 0.29) is 0 Å². The minimum absolute atomic E-state index is 0.584. The van der Waals surface area contributed by atoms with Crippen molar-refractivity contribution in [2.75, 3.05) is 11.9 Å². The van der Waals surface area contributed by atoms with Gasteiger partial charge >= 0.3 is 0 Å². The fourth-order valence-corrected chi connectivity index (χ4v) is 3.24. The molecule has 0 amide bonds. The summed E-state index contributed by atoms with van der Waals surface area (Å²) in [6.07, 6.45) is 4.60. The largest absolute Gasteiger partial charge is 0.362 e. The zero-order valence-corrected chi connectivity index (χ0v) is 17.0. The molecule has 0 saturated carbocycles. The van der Waals surface area contributed by atoms with E-state index in [4.69, 9.17) is 23.8 Å². The topological polar surface area (TPSA) is 59.7 Å². The summed E-state index contributed by atoms with van der Waals surface area (Å²) in [5.74, 6) is 0. The van der Waals surface area contributed by atoms with Crippen LogP contribution in [0.3, 0.4) is 0 Å². The lowest BCUT2D eigenvalue weighted by atomic mass is 10.2. The molecule has 3 rings (SSSR count). The number of aryl methyl sites for hydroxylation is 3. The minimum Gasteiger partial charge on any atom is -0.362 e. The van der Waals surface area contributed by atoms with Crippen molar-refractivity contribution in [3.8, 4) is 0 Å². The van der Waals surface area contributed by atoms with Gasteiger partial charge in [-0.3, -0.25) is 9.36 Å². The Hall–Kier alpha value is -2.38. The fraction of sp³-hybridized carbons (Fsp3) is 0.316. The molecule has 27 heavy (non-hydrogen) atoms. The molecule has 0 fully saturated rings. The number of aromatic nitrogens is 4. The van der Waals surface area contributed by atoms with Crippen LogP contribution in [0.4, 0.5) is 5.69 Å². The molecule has 0 bridgehead atoms. The normalized spacial score (nSPS) is 10.8. The lowest BCUT2D eigenvalue weighted by Gasteiger charge is -2.09. The second-order valence-corrected chi connectivity index (χ2v) is 7.22. The van der Waals surface area contributed by atoms with Crippen molar-refractivity contribution >= 4 is 34.6 Å². The first kappa shape index (κ1) is 19.4. The number of hydrogen-bond donors (Lipinski definition) is 2. The van der Waals surface area contributed by atoms with E-state index in [0.29, 0.717) is 11.7 Å². The molecule has 0 aliphatic rings. The molecule has 0 saturated heterocycles. The summed E-state index contributed by atoms with van der Waals surface area (Å²) in [6, 6.07) is 9.84. The molecule has 1 aromatic carbocycles. The maximum absolute atomic E-state index is 6.20. The van der Waals surface area contributed by atoms with Crippen LogP contribution in [0.2, 0.25) is 5.02 Å². The minimum atomic E-state index is 0.584. The molecule has 8 heteroatoms. The van der Waals surface area contributed by atoms with Crippen LogP contribution in [0.1, 0.15) is 23.4 Å². The van der Waals surface area contributed by atoms with Crippen LogP contribution in [-0.4, -0.2) is 31.2 Å². The molecule has 0 aliphatic heterocycles. The van der Waals surface area contributed by atoms with Crippen molar-refractivity contribution in [3.05, 3.63) is 64.7 Å². The van der Waals surface area contributed by atoms with Gasteiger partial charge in [-0.2, -0.15) is 10.2 Å². The van der Waals surface area contributed by atoms with Crippen LogP contribution in [0.25, 0.3) is 0 Å². The Bertz CT molecular complexity index is 917. The summed E-state index contributed by atoms with van der Waals surface area (Å²) >= 11 is 11.6. The molecule has 0 unspecified atom stereocenters. The Morgan fingerprint density at radius 1 is 1.26 bits per heavy atom. The van der Waals surface area contributed by atoms with Gasteiger partial charge < -0.3 is 10.6 Å². The first-order chi connectivity index (χ1) is 13.0. The number of rotatable bonds is 7. The highest BCUT2D eigenvalue weighted by molar-refractivity contribution is 7.80. The number of hydrogen-bond acceptors (Lipinski definition) is 3. The molecule has 2 aromatic heterocycles. The van der Waals surface area contributed by atoms with Crippen molar-refractivity contribution in [2.45, 2.75) is 33.4 Å². The average molecular weight is 403 g/mol. The van der Waals surface area contributed by atoms with Gasteiger partial charge in [0.1, 0.15) is 0 Å². The second kappa shape index (κ2) is 9.01. The zero-order valence-electron chi connectivity index (χ0n) is 15.4. The van der Waals surface area contributed by atoms with Crippen molar-refractivity contribution in [3.63, 3.8) is 0 Å². The van der Waals surface area contributed by atoms with Crippen LogP contribution in [0.15, 0.2) is 42.7 Å². The second-order valence-electron chi connectivity index (χ2n) is 6.40. The Balaban J connectivity index is 1.42. The third-order valence-corrected chi connectivity index (χ3v) is 4.73. The van der Waals surface area contributed by atoms with Gasteiger partial charge in [0.25, 0.3) is 0 Å². The van der Waals surface area contributed by atoms with Gasteiger partial charge in [0, 0.05) is 30.0 Å². The predicted molar refractivity (Wildman–Crippen MR) is 113 cm³/mol. The number of thiocarbonyl (C=S) groups is 1. The smallest absolute Gasteiger partial charge is 0.170 e. The summed E-state index contributed by atoms with van der Waals surface area (Å²) in [6.45, 7) is 6.33. The highest BCUT2D eigenvalue weighted by atomic mass is 35.5. The number of anilines is 1. The Labute approximate surface area is 169 Å². The number of nitrogens with one attached hydrogen (secondary N) is 2. The molecule has 3 aromatic rings. The highest BCUT2D eigenvalue weighted by Gasteiger charge is 2.05. The summed E-state index contributed by atoms with van der Waals surface area (Å²) in [5.41, 5.74) is 4.10. The van der Waals surface area contributed by atoms with Crippen LogP contribution in [-0.2, 0) is 13.1 Å². The highest BCUT2D eigenvalue weighted by Crippen LogP contribution is 2.16. The maximum Gasteiger partial charge on any atom is 0.170 e. The number of halogens is 1. The summed E-state index contributed by atoms with van der Waals surface area (Å²) in [4.78, 5) is 0.